The minimum Gasteiger partial charge on any atom is -0.481 e. The Balaban J connectivity index is 1.27. The van der Waals surface area contributed by atoms with E-state index in [1.54, 1.807) is 29.2 Å². The molecule has 1 aliphatic rings. The number of aliphatic carboxylic acids is 1. The van der Waals surface area contributed by atoms with E-state index in [1.807, 2.05) is 0 Å². The van der Waals surface area contributed by atoms with Gasteiger partial charge in [-0.15, -0.1) is 0 Å². The zero-order valence-corrected chi connectivity index (χ0v) is 20.8. The number of hydrogen-bond acceptors (Lipinski definition) is 6. The number of amides is 2. The summed E-state index contributed by atoms with van der Waals surface area (Å²) in [6.07, 6.45) is 4.02. The largest absolute Gasteiger partial charge is 0.481 e. The van der Waals surface area contributed by atoms with Gasteiger partial charge in [-0.2, -0.15) is 0 Å². The number of nitrogens with zero attached hydrogens (tertiary/aromatic N) is 2. The molecule has 1 atom stereocenters. The quantitative estimate of drug-likeness (QED) is 0.307. The minimum absolute atomic E-state index is 0.0726. The van der Waals surface area contributed by atoms with Gasteiger partial charge in [-0.05, 0) is 36.6 Å². The zero-order valence-electron chi connectivity index (χ0n) is 20.1. The van der Waals surface area contributed by atoms with Crippen molar-refractivity contribution in [2.75, 3.05) is 11.9 Å². The summed E-state index contributed by atoms with van der Waals surface area (Å²) in [7, 11) is 0. The minimum atomic E-state index is -0.943. The van der Waals surface area contributed by atoms with Gasteiger partial charge in [0.25, 0.3) is 5.91 Å². The molecule has 0 unspecified atom stereocenters. The smallest absolute Gasteiger partial charge is 0.303 e. The molecular weight excluding hydrogens is 517 g/mol. The van der Waals surface area contributed by atoms with Crippen molar-refractivity contribution >= 4 is 46.0 Å². The van der Waals surface area contributed by atoms with Crippen molar-refractivity contribution in [3.05, 3.63) is 82.5 Å². The van der Waals surface area contributed by atoms with Gasteiger partial charge in [0, 0.05) is 18.4 Å². The molecule has 0 aliphatic carbocycles. The lowest BCUT2D eigenvalue weighted by molar-refractivity contribution is -0.137. The van der Waals surface area contributed by atoms with Crippen LogP contribution in [0.25, 0.3) is 11.0 Å². The summed E-state index contributed by atoms with van der Waals surface area (Å²) in [6.45, 7) is 0.457. The van der Waals surface area contributed by atoms with Crippen LogP contribution in [0.5, 0.6) is 0 Å². The number of para-hydroxylation sites is 1. The number of carbonyl (C=O) groups excluding carboxylic acids is 2. The normalized spacial score (nSPS) is 15.2. The summed E-state index contributed by atoms with van der Waals surface area (Å²) in [5.74, 6) is -1.69. The van der Waals surface area contributed by atoms with E-state index >= 15 is 4.39 Å². The molecule has 0 radical (unpaired) electrons. The molecule has 0 bridgehead atoms. The molecule has 38 heavy (non-hydrogen) atoms. The monoisotopic (exact) mass is 539 g/mol. The zero-order chi connectivity index (χ0) is 26.8. The number of likely N-dealkylation sites (tertiary alicyclic amines) is 1. The van der Waals surface area contributed by atoms with Gasteiger partial charge in [-0.1, -0.05) is 29.8 Å². The Morgan fingerprint density at radius 2 is 2.05 bits per heavy atom. The van der Waals surface area contributed by atoms with Gasteiger partial charge in [0.2, 0.25) is 11.8 Å². The molecule has 4 aromatic rings. The summed E-state index contributed by atoms with van der Waals surface area (Å²) >= 11 is 6.35. The molecule has 2 amide bonds. The Hall–Kier alpha value is -4.18. The summed E-state index contributed by atoms with van der Waals surface area (Å²) < 4.78 is 26.1. The van der Waals surface area contributed by atoms with Gasteiger partial charge >= 0.3 is 5.97 Å². The second-order valence-corrected chi connectivity index (χ2v) is 9.41. The fourth-order valence-electron chi connectivity index (χ4n) is 4.57. The van der Waals surface area contributed by atoms with E-state index in [-0.39, 0.29) is 47.0 Å². The van der Waals surface area contributed by atoms with Crippen LogP contribution in [0.1, 0.15) is 52.9 Å². The van der Waals surface area contributed by atoms with Crippen molar-refractivity contribution < 1.29 is 32.7 Å². The van der Waals surface area contributed by atoms with E-state index in [4.69, 9.17) is 25.5 Å². The van der Waals surface area contributed by atoms with Crippen molar-refractivity contribution in [3.63, 3.8) is 0 Å². The number of benzene rings is 2. The number of oxazole rings is 1. The van der Waals surface area contributed by atoms with Gasteiger partial charge in [-0.25, -0.2) is 9.37 Å². The molecule has 2 aromatic heterocycles. The van der Waals surface area contributed by atoms with Crippen LogP contribution in [-0.2, 0) is 22.4 Å². The van der Waals surface area contributed by atoms with E-state index < -0.39 is 23.7 Å². The number of aromatic nitrogens is 1. The highest BCUT2D eigenvalue weighted by atomic mass is 35.5. The number of nitrogens with one attached hydrogen (secondary N) is 1. The molecule has 0 saturated carbocycles. The average Bonchev–Trinajstić information content (AvgIpc) is 3.64. The standard InChI is InChI=1S/C27H23ClFN3O6/c28-19-10-15(20(29)12-21(19)31-26(36)18-14-37-23-6-2-1-4-17(18)23)11-24(33)32-9-3-5-22(32)27-30-13-16(38-27)7-8-25(34)35/h1-2,4,6,10,12-14,22H,3,5,7-9,11H2,(H,31,36)(H,34,35)/t22-/m0/s1. The van der Waals surface area contributed by atoms with E-state index in [9.17, 15) is 14.4 Å². The van der Waals surface area contributed by atoms with Crippen LogP contribution in [0.15, 0.2) is 57.7 Å². The number of carboxylic acids is 1. The molecule has 11 heteroatoms. The molecule has 0 spiro atoms. The Bertz CT molecular complexity index is 1530. The summed E-state index contributed by atoms with van der Waals surface area (Å²) in [5.41, 5.74) is 0.995. The first-order valence-electron chi connectivity index (χ1n) is 12.0. The summed E-state index contributed by atoms with van der Waals surface area (Å²) in [6, 6.07) is 9.05. The molecule has 1 fully saturated rings. The van der Waals surface area contributed by atoms with Gasteiger partial charge in [0.15, 0.2) is 0 Å². The molecule has 1 aliphatic heterocycles. The molecular formula is C27H23ClFN3O6. The van der Waals surface area contributed by atoms with E-state index in [0.717, 1.165) is 12.5 Å². The van der Waals surface area contributed by atoms with Crippen LogP contribution in [0.4, 0.5) is 10.1 Å². The third kappa shape index (κ3) is 5.26. The maximum atomic E-state index is 15.0. The lowest BCUT2D eigenvalue weighted by Gasteiger charge is -2.22. The second-order valence-electron chi connectivity index (χ2n) is 9.00. The molecule has 3 heterocycles. The lowest BCUT2D eigenvalue weighted by Crippen LogP contribution is -2.32. The number of rotatable bonds is 8. The highest BCUT2D eigenvalue weighted by Crippen LogP contribution is 2.33. The van der Waals surface area contributed by atoms with Gasteiger partial charge in [0.1, 0.15) is 29.5 Å². The number of anilines is 1. The SMILES string of the molecule is O=C(O)CCc1cnc([C@@H]2CCCN2C(=O)Cc2cc(Cl)c(NC(=O)c3coc4ccccc34)cc2F)o1. The molecule has 196 valence electrons. The van der Waals surface area contributed by atoms with E-state index in [0.29, 0.717) is 35.6 Å². The number of fused-ring (bicyclic) bond motifs is 1. The first-order chi connectivity index (χ1) is 18.3. The fraction of sp³-hybridized carbons (Fsp3) is 0.259. The molecule has 1 saturated heterocycles. The van der Waals surface area contributed by atoms with Crippen molar-refractivity contribution in [2.24, 2.45) is 0 Å². The van der Waals surface area contributed by atoms with Crippen LogP contribution in [-0.4, -0.2) is 39.3 Å². The third-order valence-electron chi connectivity index (χ3n) is 6.47. The first-order valence-corrected chi connectivity index (χ1v) is 12.4. The topological polar surface area (TPSA) is 126 Å². The number of hydrogen-bond donors (Lipinski definition) is 2. The maximum Gasteiger partial charge on any atom is 0.303 e. The third-order valence-corrected chi connectivity index (χ3v) is 6.78. The number of furan rings is 1. The highest BCUT2D eigenvalue weighted by Gasteiger charge is 2.33. The van der Waals surface area contributed by atoms with Crippen molar-refractivity contribution in [3.8, 4) is 0 Å². The van der Waals surface area contributed by atoms with E-state index in [2.05, 4.69) is 10.3 Å². The Morgan fingerprint density at radius 3 is 2.87 bits per heavy atom. The first kappa shape index (κ1) is 25.5. The van der Waals surface area contributed by atoms with Crippen LogP contribution in [0.3, 0.4) is 0 Å². The van der Waals surface area contributed by atoms with Gasteiger partial charge in [0.05, 0.1) is 35.3 Å². The molecule has 2 N–H and O–H groups in total. The Kier molecular flexibility index (Phi) is 7.15. The number of halogens is 2. The van der Waals surface area contributed by atoms with Crippen LogP contribution in [0.2, 0.25) is 5.02 Å². The van der Waals surface area contributed by atoms with Crippen molar-refractivity contribution in [1.82, 2.24) is 9.88 Å². The van der Waals surface area contributed by atoms with Gasteiger partial charge in [-0.3, -0.25) is 14.4 Å². The lowest BCUT2D eigenvalue weighted by atomic mass is 10.1. The van der Waals surface area contributed by atoms with Crippen molar-refractivity contribution in [1.29, 1.82) is 0 Å². The van der Waals surface area contributed by atoms with Gasteiger partial charge < -0.3 is 24.2 Å². The second kappa shape index (κ2) is 10.7. The summed E-state index contributed by atoms with van der Waals surface area (Å²) in [5, 5.41) is 12.2. The highest BCUT2D eigenvalue weighted by molar-refractivity contribution is 6.34. The Morgan fingerprint density at radius 1 is 1.24 bits per heavy atom. The number of carboxylic acid groups (broad SMARTS) is 1. The predicted octanol–water partition coefficient (Wildman–Crippen LogP) is 5.39. The molecule has 9 nitrogen and oxygen atoms in total. The predicted molar refractivity (Wildman–Crippen MR) is 135 cm³/mol. The van der Waals surface area contributed by atoms with Crippen LogP contribution in [0, 0.1) is 5.82 Å². The number of aryl methyl sites for hydroxylation is 1. The van der Waals surface area contributed by atoms with Crippen LogP contribution < -0.4 is 5.32 Å². The maximum absolute atomic E-state index is 15.0. The Labute approximate surface area is 221 Å². The molecule has 2 aromatic carbocycles. The molecule has 5 rings (SSSR count). The average molecular weight is 540 g/mol. The number of carbonyl (C=O) groups is 3. The summed E-state index contributed by atoms with van der Waals surface area (Å²) in [4.78, 5) is 42.5. The van der Waals surface area contributed by atoms with E-state index in [1.165, 1.54) is 18.5 Å². The fourth-order valence-corrected chi connectivity index (χ4v) is 4.80. The van der Waals surface area contributed by atoms with Crippen molar-refractivity contribution in [2.45, 2.75) is 38.1 Å². The van der Waals surface area contributed by atoms with Crippen LogP contribution >= 0.6 is 11.6 Å².